The molecule has 0 radical (unpaired) electrons. The van der Waals surface area contributed by atoms with Crippen molar-refractivity contribution < 1.29 is 9.90 Å². The lowest BCUT2D eigenvalue weighted by atomic mass is 9.93. The number of carboxylic acid groups (broad SMARTS) is 1. The predicted octanol–water partition coefficient (Wildman–Crippen LogP) is 4.70. The van der Waals surface area contributed by atoms with Gasteiger partial charge >= 0.3 is 5.97 Å². The Labute approximate surface area is 147 Å². The van der Waals surface area contributed by atoms with Crippen LogP contribution in [-0.2, 0) is 4.79 Å². The number of halogens is 1. The van der Waals surface area contributed by atoms with Crippen molar-refractivity contribution in [2.24, 2.45) is 0 Å². The molecule has 0 atom stereocenters. The molecule has 2 rings (SSSR count). The number of allylic oxidation sites excluding steroid dienone is 4. The van der Waals surface area contributed by atoms with Crippen molar-refractivity contribution >= 4 is 29.3 Å². The summed E-state index contributed by atoms with van der Waals surface area (Å²) in [5.74, 6) is -1.22. The highest BCUT2D eigenvalue weighted by atomic mass is 35.5. The van der Waals surface area contributed by atoms with E-state index in [2.05, 4.69) is 4.85 Å². The van der Waals surface area contributed by atoms with Gasteiger partial charge in [-0.15, -0.1) is 0 Å². The summed E-state index contributed by atoms with van der Waals surface area (Å²) in [6, 6.07) is 8.13. The fourth-order valence-corrected chi connectivity index (χ4v) is 2.84. The van der Waals surface area contributed by atoms with Crippen LogP contribution in [0.25, 0.3) is 10.9 Å². The highest BCUT2D eigenvalue weighted by Crippen LogP contribution is 2.35. The van der Waals surface area contributed by atoms with E-state index in [0.717, 1.165) is 29.7 Å². The first kappa shape index (κ1) is 17.8. The molecule has 0 saturated carbocycles. The van der Waals surface area contributed by atoms with Crippen LogP contribution in [0, 0.1) is 6.57 Å². The summed E-state index contributed by atoms with van der Waals surface area (Å²) in [5, 5.41) is 9.55. The van der Waals surface area contributed by atoms with Gasteiger partial charge in [0.2, 0.25) is 0 Å². The third-order valence-electron chi connectivity index (χ3n) is 3.86. The maximum atomic E-state index is 11.0. The first-order chi connectivity index (χ1) is 11.4. The highest BCUT2D eigenvalue weighted by molar-refractivity contribution is 6.33. The van der Waals surface area contributed by atoms with E-state index in [1.807, 2.05) is 49.3 Å². The van der Waals surface area contributed by atoms with Crippen LogP contribution in [0.1, 0.15) is 24.8 Å². The Hall–Kier alpha value is -2.51. The molecule has 0 amide bonds. The lowest BCUT2D eigenvalue weighted by molar-refractivity contribution is -0.132. The smallest absolute Gasteiger partial charge is 0.333 e. The number of benzene rings is 1. The van der Waals surface area contributed by atoms with Crippen LogP contribution in [0.5, 0.6) is 0 Å². The van der Waals surface area contributed by atoms with E-state index < -0.39 is 5.97 Å². The van der Waals surface area contributed by atoms with Gasteiger partial charge in [-0.25, -0.2) is 4.85 Å². The first-order valence-electron chi connectivity index (χ1n) is 7.62. The minimum Gasteiger partial charge on any atom is -0.486 e. The number of anilines is 1. The topological polar surface area (TPSA) is 44.9 Å². The Kier molecular flexibility index (Phi) is 5.83. The van der Waals surface area contributed by atoms with Crippen molar-refractivity contribution in [1.82, 2.24) is 0 Å². The molecule has 1 aromatic carbocycles. The molecule has 1 N–H and O–H groups in total. The second-order valence-corrected chi connectivity index (χ2v) is 6.17. The van der Waals surface area contributed by atoms with E-state index in [0.29, 0.717) is 17.0 Å². The van der Waals surface area contributed by atoms with E-state index >= 15 is 0 Å². The Bertz CT molecular complexity index is 766. The summed E-state index contributed by atoms with van der Waals surface area (Å²) in [7, 11) is 3.98. The summed E-state index contributed by atoms with van der Waals surface area (Å²) in [6.07, 6.45) is 5.81. The summed E-state index contributed by atoms with van der Waals surface area (Å²) < 4.78 is 0. The minimum absolute atomic E-state index is 0.306. The van der Waals surface area contributed by atoms with Gasteiger partial charge in [-0.2, -0.15) is 0 Å². The van der Waals surface area contributed by atoms with Gasteiger partial charge in [0.15, 0.2) is 0 Å². The second kappa shape index (κ2) is 7.85. The molecule has 1 aromatic rings. The fraction of sp³-hybridized carbons (Fsp3) is 0.263. The number of nitrogens with zero attached hydrogens (tertiary/aromatic N) is 2. The van der Waals surface area contributed by atoms with Gasteiger partial charge in [-0.1, -0.05) is 29.8 Å². The number of rotatable bonds is 4. The zero-order valence-electron chi connectivity index (χ0n) is 13.7. The number of carboxylic acids is 1. The molecule has 1 aliphatic rings. The van der Waals surface area contributed by atoms with Gasteiger partial charge in [-0.05, 0) is 54.2 Å². The molecule has 0 aromatic heterocycles. The van der Waals surface area contributed by atoms with Crippen molar-refractivity contribution in [3.05, 3.63) is 69.2 Å². The molecular weight excluding hydrogens is 324 g/mol. The Morgan fingerprint density at radius 3 is 2.50 bits per heavy atom. The van der Waals surface area contributed by atoms with Crippen LogP contribution in [0.3, 0.4) is 0 Å². The molecule has 0 fully saturated rings. The summed E-state index contributed by atoms with van der Waals surface area (Å²) in [6.45, 7) is 6.95. The molecular formula is C19H19ClN2O2. The van der Waals surface area contributed by atoms with Gasteiger partial charge in [0.05, 0.1) is 6.57 Å². The summed E-state index contributed by atoms with van der Waals surface area (Å²) >= 11 is 6.45. The monoisotopic (exact) mass is 342 g/mol. The van der Waals surface area contributed by atoms with Crippen LogP contribution in [0.4, 0.5) is 5.69 Å². The number of carbonyl (C=O) groups is 1. The number of aliphatic carboxylic acids is 1. The maximum absolute atomic E-state index is 11.0. The van der Waals surface area contributed by atoms with Crippen LogP contribution in [-0.4, -0.2) is 25.2 Å². The molecule has 1 aliphatic carbocycles. The average molecular weight is 343 g/mol. The van der Waals surface area contributed by atoms with Gasteiger partial charge in [0, 0.05) is 24.8 Å². The van der Waals surface area contributed by atoms with E-state index in [-0.39, 0.29) is 5.70 Å². The van der Waals surface area contributed by atoms with E-state index in [4.69, 9.17) is 23.3 Å². The lowest BCUT2D eigenvalue weighted by Gasteiger charge is -2.18. The van der Waals surface area contributed by atoms with Crippen molar-refractivity contribution in [1.29, 1.82) is 0 Å². The van der Waals surface area contributed by atoms with E-state index in [1.165, 1.54) is 6.08 Å². The number of hydrogen-bond acceptors (Lipinski definition) is 2. The molecule has 0 aliphatic heterocycles. The predicted molar refractivity (Wildman–Crippen MR) is 97.8 cm³/mol. The Balaban J connectivity index is 2.35. The molecule has 4 nitrogen and oxygen atoms in total. The van der Waals surface area contributed by atoms with Crippen molar-refractivity contribution in [3.8, 4) is 0 Å². The molecule has 24 heavy (non-hydrogen) atoms. The maximum Gasteiger partial charge on any atom is 0.333 e. The minimum atomic E-state index is -1.22. The van der Waals surface area contributed by atoms with Crippen molar-refractivity contribution in [2.45, 2.75) is 19.3 Å². The molecule has 0 spiro atoms. The zero-order chi connectivity index (χ0) is 17.7. The van der Waals surface area contributed by atoms with E-state index in [1.54, 1.807) is 0 Å². The Morgan fingerprint density at radius 1 is 1.29 bits per heavy atom. The standard InChI is InChI=1S/C19H19ClN2O2/c1-21-17(19(23)24)12-15-6-4-5-14(18(15)20)11-13-7-9-16(10-8-13)22(2)3/h7-12H,4-6H2,2-3H3,(H,23,24). The second-order valence-electron chi connectivity index (χ2n) is 5.79. The molecule has 5 heteroatoms. The van der Waals surface area contributed by atoms with E-state index in [9.17, 15) is 4.79 Å². The van der Waals surface area contributed by atoms with Crippen LogP contribution < -0.4 is 4.90 Å². The zero-order valence-corrected chi connectivity index (χ0v) is 14.5. The quantitative estimate of drug-likeness (QED) is 0.637. The molecule has 124 valence electrons. The largest absolute Gasteiger partial charge is 0.486 e. The third kappa shape index (κ3) is 4.27. The molecule has 0 unspecified atom stereocenters. The average Bonchev–Trinajstić information content (AvgIpc) is 2.55. The third-order valence-corrected chi connectivity index (χ3v) is 4.34. The summed E-state index contributed by atoms with van der Waals surface area (Å²) in [5.41, 5.74) is 3.55. The first-order valence-corrected chi connectivity index (χ1v) is 7.99. The highest BCUT2D eigenvalue weighted by Gasteiger charge is 2.17. The fourth-order valence-electron chi connectivity index (χ4n) is 2.54. The van der Waals surface area contributed by atoms with Crippen molar-refractivity contribution in [2.75, 3.05) is 19.0 Å². The lowest BCUT2D eigenvalue weighted by Crippen LogP contribution is -2.07. The molecule has 0 heterocycles. The van der Waals surface area contributed by atoms with Crippen molar-refractivity contribution in [3.63, 3.8) is 0 Å². The van der Waals surface area contributed by atoms with Gasteiger partial charge in [-0.3, -0.25) is 4.79 Å². The SMILES string of the molecule is [C-]#[N+]C(=CC1=C(Cl)C(=Cc2ccc(N(C)C)cc2)CCC1)C(=O)O. The van der Waals surface area contributed by atoms with Crippen LogP contribution >= 0.6 is 11.6 Å². The van der Waals surface area contributed by atoms with Crippen LogP contribution in [0.15, 0.2) is 52.2 Å². The normalized spacial score (nSPS) is 16.9. The molecule has 0 bridgehead atoms. The van der Waals surface area contributed by atoms with Crippen LogP contribution in [0.2, 0.25) is 0 Å². The van der Waals surface area contributed by atoms with Gasteiger partial charge < -0.3 is 10.0 Å². The molecule has 0 saturated heterocycles. The van der Waals surface area contributed by atoms with Gasteiger partial charge in [0.25, 0.3) is 5.70 Å². The Morgan fingerprint density at radius 2 is 1.96 bits per heavy atom. The number of hydrogen-bond donors (Lipinski definition) is 1. The summed E-state index contributed by atoms with van der Waals surface area (Å²) in [4.78, 5) is 16.1. The van der Waals surface area contributed by atoms with Gasteiger partial charge in [0.1, 0.15) is 0 Å².